The minimum absolute atomic E-state index is 0.175. The second kappa shape index (κ2) is 8.61. The predicted molar refractivity (Wildman–Crippen MR) is 106 cm³/mol. The lowest BCUT2D eigenvalue weighted by Gasteiger charge is -2.06. The molecule has 9 heteroatoms. The van der Waals surface area contributed by atoms with Gasteiger partial charge in [0, 0.05) is 35.8 Å². The van der Waals surface area contributed by atoms with Gasteiger partial charge in [-0.1, -0.05) is 5.16 Å². The molecule has 0 bridgehead atoms. The van der Waals surface area contributed by atoms with Gasteiger partial charge in [-0.25, -0.2) is 4.98 Å². The van der Waals surface area contributed by atoms with Gasteiger partial charge in [-0.2, -0.15) is 4.98 Å². The Morgan fingerprint density at radius 1 is 1.14 bits per heavy atom. The molecule has 4 aromatic rings. The van der Waals surface area contributed by atoms with Gasteiger partial charge in [-0.15, -0.1) is 11.3 Å². The van der Waals surface area contributed by atoms with E-state index in [0.29, 0.717) is 29.6 Å². The molecule has 0 aliphatic carbocycles. The van der Waals surface area contributed by atoms with E-state index in [2.05, 4.69) is 25.4 Å². The molecule has 8 nitrogen and oxygen atoms in total. The first-order valence-corrected chi connectivity index (χ1v) is 9.70. The highest BCUT2D eigenvalue weighted by Crippen LogP contribution is 2.21. The molecule has 4 rings (SSSR count). The third-order valence-corrected chi connectivity index (χ3v) is 4.83. The van der Waals surface area contributed by atoms with E-state index in [1.807, 2.05) is 17.5 Å². The highest BCUT2D eigenvalue weighted by atomic mass is 32.1. The van der Waals surface area contributed by atoms with Crippen molar-refractivity contribution in [2.45, 2.75) is 20.1 Å². The number of carbonyl (C=O) groups is 1. The van der Waals surface area contributed by atoms with E-state index in [1.165, 1.54) is 11.3 Å². The normalized spacial score (nSPS) is 10.7. The van der Waals surface area contributed by atoms with Crippen molar-refractivity contribution in [1.82, 2.24) is 25.4 Å². The fraction of sp³-hybridized carbons (Fsp3) is 0.150. The maximum absolute atomic E-state index is 12.4. The van der Waals surface area contributed by atoms with E-state index in [4.69, 9.17) is 9.26 Å². The van der Waals surface area contributed by atoms with Crippen molar-refractivity contribution in [3.05, 3.63) is 76.5 Å². The van der Waals surface area contributed by atoms with Crippen LogP contribution in [0.15, 0.2) is 58.7 Å². The Kier molecular flexibility index (Phi) is 5.57. The molecular formula is C20H17N5O3S. The minimum atomic E-state index is -0.175. The SMILES string of the molecule is Cc1nc(COc2ccc(C(=O)NCc3nc(-c4ccncc4)cs3)cc2)no1. The number of thiazole rings is 1. The van der Waals surface area contributed by atoms with Crippen LogP contribution in [0, 0.1) is 6.92 Å². The van der Waals surface area contributed by atoms with Gasteiger partial charge in [-0.05, 0) is 36.4 Å². The summed E-state index contributed by atoms with van der Waals surface area (Å²) < 4.78 is 10.5. The van der Waals surface area contributed by atoms with Crippen LogP contribution < -0.4 is 10.1 Å². The molecule has 0 unspecified atom stereocenters. The van der Waals surface area contributed by atoms with Crippen LogP contribution in [0.25, 0.3) is 11.3 Å². The summed E-state index contributed by atoms with van der Waals surface area (Å²) >= 11 is 1.50. The number of nitrogens with zero attached hydrogens (tertiary/aromatic N) is 4. The van der Waals surface area contributed by atoms with Gasteiger partial charge in [0.05, 0.1) is 12.2 Å². The first kappa shape index (κ1) is 18.8. The Morgan fingerprint density at radius 3 is 2.66 bits per heavy atom. The molecule has 0 fully saturated rings. The molecule has 3 aromatic heterocycles. The number of pyridine rings is 1. The molecule has 1 aromatic carbocycles. The number of hydrogen-bond acceptors (Lipinski definition) is 8. The summed E-state index contributed by atoms with van der Waals surface area (Å²) in [7, 11) is 0. The smallest absolute Gasteiger partial charge is 0.251 e. The minimum Gasteiger partial charge on any atom is -0.485 e. The quantitative estimate of drug-likeness (QED) is 0.501. The fourth-order valence-corrected chi connectivity index (χ4v) is 3.30. The van der Waals surface area contributed by atoms with Crippen molar-refractivity contribution < 1.29 is 14.1 Å². The van der Waals surface area contributed by atoms with Crippen LogP contribution in [-0.2, 0) is 13.2 Å². The topological polar surface area (TPSA) is 103 Å². The molecule has 1 amide bonds. The summed E-state index contributed by atoms with van der Waals surface area (Å²) in [5, 5.41) is 9.45. The molecule has 0 aliphatic rings. The summed E-state index contributed by atoms with van der Waals surface area (Å²) in [6, 6.07) is 10.7. The Bertz CT molecular complexity index is 1090. The van der Waals surface area contributed by atoms with Crippen LogP contribution in [0.4, 0.5) is 0 Å². The largest absolute Gasteiger partial charge is 0.485 e. The molecule has 3 heterocycles. The van der Waals surface area contributed by atoms with Crippen molar-refractivity contribution in [2.24, 2.45) is 0 Å². The zero-order chi connectivity index (χ0) is 20.1. The van der Waals surface area contributed by atoms with Crippen LogP contribution >= 0.6 is 11.3 Å². The van der Waals surface area contributed by atoms with Gasteiger partial charge < -0.3 is 14.6 Å². The molecule has 0 radical (unpaired) electrons. The van der Waals surface area contributed by atoms with Gasteiger partial charge in [0.1, 0.15) is 10.8 Å². The lowest BCUT2D eigenvalue weighted by atomic mass is 10.2. The molecule has 0 spiro atoms. The van der Waals surface area contributed by atoms with Gasteiger partial charge in [0.25, 0.3) is 5.91 Å². The van der Waals surface area contributed by atoms with Crippen molar-refractivity contribution in [3.8, 4) is 17.0 Å². The molecule has 1 N–H and O–H groups in total. The number of aromatic nitrogens is 4. The van der Waals surface area contributed by atoms with Crippen molar-refractivity contribution in [3.63, 3.8) is 0 Å². The molecule has 0 atom stereocenters. The second-order valence-electron chi connectivity index (χ2n) is 6.09. The van der Waals surface area contributed by atoms with Gasteiger partial charge in [0.15, 0.2) is 6.61 Å². The summed E-state index contributed by atoms with van der Waals surface area (Å²) in [5.74, 6) is 1.40. The number of nitrogens with one attached hydrogen (secondary N) is 1. The molecule has 0 saturated heterocycles. The van der Waals surface area contributed by atoms with Crippen molar-refractivity contribution in [1.29, 1.82) is 0 Å². The number of benzene rings is 1. The molecule has 146 valence electrons. The first-order chi connectivity index (χ1) is 14.2. The predicted octanol–water partition coefficient (Wildman–Crippen LogP) is 3.41. The number of hydrogen-bond donors (Lipinski definition) is 1. The van der Waals surface area contributed by atoms with E-state index < -0.39 is 0 Å². The Labute approximate surface area is 170 Å². The van der Waals surface area contributed by atoms with E-state index in [1.54, 1.807) is 43.6 Å². The zero-order valence-electron chi connectivity index (χ0n) is 15.5. The van der Waals surface area contributed by atoms with Crippen LogP contribution in [0.5, 0.6) is 5.75 Å². The Balaban J connectivity index is 1.30. The van der Waals surface area contributed by atoms with Crippen LogP contribution in [-0.4, -0.2) is 26.0 Å². The number of carbonyl (C=O) groups excluding carboxylic acids is 1. The number of amides is 1. The molecule has 0 aliphatic heterocycles. The van der Waals surface area contributed by atoms with Crippen molar-refractivity contribution in [2.75, 3.05) is 0 Å². The van der Waals surface area contributed by atoms with Crippen LogP contribution in [0.2, 0.25) is 0 Å². The average molecular weight is 407 g/mol. The lowest BCUT2D eigenvalue weighted by molar-refractivity contribution is 0.0951. The van der Waals surface area contributed by atoms with Gasteiger partial charge >= 0.3 is 0 Å². The standard InChI is InChI=1S/C20H17N5O3S/c1-13-23-18(25-28-13)11-27-16-4-2-15(3-5-16)20(26)22-10-19-24-17(12-29-19)14-6-8-21-9-7-14/h2-9,12H,10-11H2,1H3,(H,22,26). The third-order valence-electron chi connectivity index (χ3n) is 3.98. The zero-order valence-corrected chi connectivity index (χ0v) is 16.3. The van der Waals surface area contributed by atoms with Gasteiger partial charge in [0.2, 0.25) is 11.7 Å². The van der Waals surface area contributed by atoms with E-state index in [-0.39, 0.29) is 12.5 Å². The van der Waals surface area contributed by atoms with Gasteiger partial charge in [-0.3, -0.25) is 9.78 Å². The molecule has 0 saturated carbocycles. The first-order valence-electron chi connectivity index (χ1n) is 8.82. The molecule has 29 heavy (non-hydrogen) atoms. The van der Waals surface area contributed by atoms with E-state index in [0.717, 1.165) is 16.3 Å². The van der Waals surface area contributed by atoms with Crippen LogP contribution in [0.1, 0.15) is 27.1 Å². The van der Waals surface area contributed by atoms with E-state index >= 15 is 0 Å². The lowest BCUT2D eigenvalue weighted by Crippen LogP contribution is -2.22. The third kappa shape index (κ3) is 4.82. The highest BCUT2D eigenvalue weighted by Gasteiger charge is 2.09. The van der Waals surface area contributed by atoms with E-state index in [9.17, 15) is 4.79 Å². The Morgan fingerprint density at radius 2 is 1.93 bits per heavy atom. The highest BCUT2D eigenvalue weighted by molar-refractivity contribution is 7.09. The number of rotatable bonds is 7. The Hall–Kier alpha value is -3.59. The number of ether oxygens (including phenoxy) is 1. The van der Waals surface area contributed by atoms with Crippen LogP contribution in [0.3, 0.4) is 0 Å². The summed E-state index contributed by atoms with van der Waals surface area (Å²) in [5.41, 5.74) is 2.42. The monoisotopic (exact) mass is 407 g/mol. The summed E-state index contributed by atoms with van der Waals surface area (Å²) in [6.07, 6.45) is 3.46. The van der Waals surface area contributed by atoms with Crippen molar-refractivity contribution >= 4 is 17.2 Å². The fourth-order valence-electron chi connectivity index (χ4n) is 2.56. The maximum atomic E-state index is 12.4. The summed E-state index contributed by atoms with van der Waals surface area (Å²) in [4.78, 5) is 25.0. The second-order valence-corrected chi connectivity index (χ2v) is 7.03. The average Bonchev–Trinajstić information content (AvgIpc) is 3.40. The summed E-state index contributed by atoms with van der Waals surface area (Å²) in [6.45, 7) is 2.28. The molecular weight excluding hydrogens is 390 g/mol. The number of aryl methyl sites for hydroxylation is 1. The maximum Gasteiger partial charge on any atom is 0.251 e.